The number of rotatable bonds is 3. The predicted molar refractivity (Wildman–Crippen MR) is 105 cm³/mol. The number of nitrogens with zero attached hydrogens (tertiary/aromatic N) is 3. The van der Waals surface area contributed by atoms with E-state index in [9.17, 15) is 13.2 Å². The third kappa shape index (κ3) is 3.72. The molecular formula is C19H23N5O3S. The molecule has 0 spiro atoms. The molecule has 0 saturated carbocycles. The van der Waals surface area contributed by atoms with E-state index in [1.165, 1.54) is 4.31 Å². The van der Waals surface area contributed by atoms with Gasteiger partial charge in [-0.3, -0.25) is 4.79 Å². The number of aromatic nitrogens is 2. The number of fused-ring (bicyclic) bond motifs is 1. The van der Waals surface area contributed by atoms with Crippen LogP contribution in [0.25, 0.3) is 0 Å². The van der Waals surface area contributed by atoms with Crippen molar-refractivity contribution in [3.8, 4) is 0 Å². The summed E-state index contributed by atoms with van der Waals surface area (Å²) in [7, 11) is -3.63. The summed E-state index contributed by atoms with van der Waals surface area (Å²) in [6.45, 7) is 0.847. The van der Waals surface area contributed by atoms with Crippen LogP contribution in [0.2, 0.25) is 0 Å². The van der Waals surface area contributed by atoms with Crippen LogP contribution in [-0.4, -0.2) is 41.7 Å². The van der Waals surface area contributed by atoms with E-state index in [0.717, 1.165) is 24.1 Å². The van der Waals surface area contributed by atoms with Gasteiger partial charge >= 0.3 is 0 Å². The summed E-state index contributed by atoms with van der Waals surface area (Å²) in [5, 5.41) is 2.84. The van der Waals surface area contributed by atoms with Crippen LogP contribution in [0.4, 0.5) is 11.6 Å². The SMILES string of the molecule is Nc1nccc(C2CCCN(S(=O)(=O)c3ccc4c(c3)CCCC(=O)N4)C2)n1. The molecule has 148 valence electrons. The number of carbonyl (C=O) groups is 1. The quantitative estimate of drug-likeness (QED) is 0.811. The van der Waals surface area contributed by atoms with Crippen molar-refractivity contribution in [1.29, 1.82) is 0 Å². The summed E-state index contributed by atoms with van der Waals surface area (Å²) < 4.78 is 28.0. The maximum atomic E-state index is 13.2. The van der Waals surface area contributed by atoms with Crippen molar-refractivity contribution in [2.45, 2.75) is 42.9 Å². The number of sulfonamides is 1. The highest BCUT2D eigenvalue weighted by Crippen LogP contribution is 2.31. The predicted octanol–water partition coefficient (Wildman–Crippen LogP) is 1.90. The highest BCUT2D eigenvalue weighted by molar-refractivity contribution is 7.89. The van der Waals surface area contributed by atoms with E-state index in [1.807, 2.05) is 0 Å². The molecule has 3 heterocycles. The number of carbonyl (C=O) groups excluding carboxylic acids is 1. The van der Waals surface area contributed by atoms with Crippen LogP contribution >= 0.6 is 0 Å². The zero-order valence-electron chi connectivity index (χ0n) is 15.5. The number of benzene rings is 1. The van der Waals surface area contributed by atoms with E-state index in [4.69, 9.17) is 5.73 Å². The summed E-state index contributed by atoms with van der Waals surface area (Å²) >= 11 is 0. The fraction of sp³-hybridized carbons (Fsp3) is 0.421. The second kappa shape index (κ2) is 7.48. The van der Waals surface area contributed by atoms with Crippen molar-refractivity contribution in [2.75, 3.05) is 24.1 Å². The van der Waals surface area contributed by atoms with E-state index in [0.29, 0.717) is 38.0 Å². The Balaban J connectivity index is 1.59. The normalized spacial score (nSPS) is 20.9. The molecule has 0 radical (unpaired) electrons. The van der Waals surface area contributed by atoms with Crippen molar-refractivity contribution in [3.05, 3.63) is 41.7 Å². The van der Waals surface area contributed by atoms with Gasteiger partial charge in [0.25, 0.3) is 0 Å². The Morgan fingerprint density at radius 2 is 2.04 bits per heavy atom. The Morgan fingerprint density at radius 1 is 1.18 bits per heavy atom. The summed E-state index contributed by atoms with van der Waals surface area (Å²) in [5.74, 6) is 0.163. The average Bonchev–Trinajstić information content (AvgIpc) is 2.88. The molecule has 1 unspecified atom stereocenters. The number of piperidine rings is 1. The smallest absolute Gasteiger partial charge is 0.243 e. The fourth-order valence-corrected chi connectivity index (χ4v) is 5.45. The van der Waals surface area contributed by atoms with Crippen LogP contribution in [-0.2, 0) is 21.2 Å². The van der Waals surface area contributed by atoms with Crippen molar-refractivity contribution >= 4 is 27.6 Å². The van der Waals surface area contributed by atoms with Gasteiger partial charge in [0.2, 0.25) is 21.9 Å². The highest BCUT2D eigenvalue weighted by atomic mass is 32.2. The molecule has 2 aromatic rings. The third-order valence-corrected chi connectivity index (χ3v) is 7.20. The van der Waals surface area contributed by atoms with Crippen LogP contribution in [0.5, 0.6) is 0 Å². The van der Waals surface area contributed by atoms with Gasteiger partial charge in [-0.2, -0.15) is 4.31 Å². The van der Waals surface area contributed by atoms with Crippen molar-refractivity contribution < 1.29 is 13.2 Å². The zero-order chi connectivity index (χ0) is 19.7. The standard InChI is InChI=1S/C19H23N5O3S/c20-19-21-9-8-17(23-19)14-4-2-10-24(12-14)28(26,27)15-6-7-16-13(11-15)3-1-5-18(25)22-16/h6-9,11,14H,1-5,10,12H2,(H,22,25)(H2,20,21,23). The minimum Gasteiger partial charge on any atom is -0.368 e. The maximum absolute atomic E-state index is 13.2. The number of nitrogens with two attached hydrogens (primary N) is 1. The lowest BCUT2D eigenvalue weighted by Crippen LogP contribution is -2.39. The second-order valence-corrected chi connectivity index (χ2v) is 9.20. The molecule has 1 aromatic carbocycles. The number of amides is 1. The van der Waals surface area contributed by atoms with Crippen LogP contribution < -0.4 is 11.1 Å². The molecule has 4 rings (SSSR count). The average molecular weight is 401 g/mol. The Morgan fingerprint density at radius 3 is 2.86 bits per heavy atom. The monoisotopic (exact) mass is 401 g/mol. The summed E-state index contributed by atoms with van der Waals surface area (Å²) in [5.41, 5.74) is 8.02. The Bertz CT molecular complexity index is 1010. The molecule has 3 N–H and O–H groups in total. The first kappa shape index (κ1) is 18.8. The molecular weight excluding hydrogens is 378 g/mol. The molecule has 28 heavy (non-hydrogen) atoms. The minimum atomic E-state index is -3.63. The third-order valence-electron chi connectivity index (χ3n) is 5.34. The Labute approximate surface area is 164 Å². The first-order valence-electron chi connectivity index (χ1n) is 9.45. The lowest BCUT2D eigenvalue weighted by molar-refractivity contribution is -0.116. The molecule has 2 aliphatic heterocycles. The molecule has 1 atom stereocenters. The van der Waals surface area contributed by atoms with Gasteiger partial charge in [0.05, 0.1) is 10.6 Å². The van der Waals surface area contributed by atoms with Gasteiger partial charge in [-0.05, 0) is 55.5 Å². The molecule has 0 bridgehead atoms. The molecule has 8 nitrogen and oxygen atoms in total. The van der Waals surface area contributed by atoms with Crippen molar-refractivity contribution in [3.63, 3.8) is 0 Å². The van der Waals surface area contributed by atoms with Crippen molar-refractivity contribution in [2.24, 2.45) is 0 Å². The largest absolute Gasteiger partial charge is 0.368 e. The highest BCUT2D eigenvalue weighted by Gasteiger charge is 2.32. The van der Waals surface area contributed by atoms with Gasteiger partial charge in [0.1, 0.15) is 0 Å². The van der Waals surface area contributed by atoms with Gasteiger partial charge in [-0.15, -0.1) is 0 Å². The van der Waals surface area contributed by atoms with Gasteiger partial charge in [0, 0.05) is 37.3 Å². The van der Waals surface area contributed by atoms with Gasteiger partial charge in [-0.1, -0.05) is 0 Å². The molecule has 2 aliphatic rings. The molecule has 1 amide bonds. The van der Waals surface area contributed by atoms with E-state index < -0.39 is 10.0 Å². The zero-order valence-corrected chi connectivity index (χ0v) is 16.3. The van der Waals surface area contributed by atoms with Crippen LogP contribution in [0.3, 0.4) is 0 Å². The van der Waals surface area contributed by atoms with Gasteiger partial charge in [0.15, 0.2) is 0 Å². The first-order valence-corrected chi connectivity index (χ1v) is 10.9. The number of nitrogen functional groups attached to an aromatic ring is 1. The number of aryl methyl sites for hydroxylation is 1. The number of hydrogen-bond donors (Lipinski definition) is 2. The number of nitrogens with one attached hydrogen (secondary N) is 1. The first-order chi connectivity index (χ1) is 13.4. The minimum absolute atomic E-state index is 0.00561. The van der Waals surface area contributed by atoms with Gasteiger partial charge < -0.3 is 11.1 Å². The maximum Gasteiger partial charge on any atom is 0.243 e. The van der Waals surface area contributed by atoms with E-state index in [-0.39, 0.29) is 22.7 Å². The Hall–Kier alpha value is -2.52. The summed E-state index contributed by atoms with van der Waals surface area (Å²) in [6, 6.07) is 6.76. The Kier molecular flexibility index (Phi) is 5.03. The lowest BCUT2D eigenvalue weighted by atomic mass is 9.96. The summed E-state index contributed by atoms with van der Waals surface area (Å²) in [4.78, 5) is 20.2. The lowest BCUT2D eigenvalue weighted by Gasteiger charge is -2.31. The molecule has 9 heteroatoms. The van der Waals surface area contributed by atoms with Crippen LogP contribution in [0.1, 0.15) is 42.9 Å². The number of anilines is 2. The summed E-state index contributed by atoms with van der Waals surface area (Å²) in [6.07, 6.45) is 5.07. The van der Waals surface area contributed by atoms with Crippen LogP contribution in [0.15, 0.2) is 35.4 Å². The number of hydrogen-bond acceptors (Lipinski definition) is 6. The second-order valence-electron chi connectivity index (χ2n) is 7.26. The van der Waals surface area contributed by atoms with Crippen molar-refractivity contribution in [1.82, 2.24) is 14.3 Å². The topological polar surface area (TPSA) is 118 Å². The van der Waals surface area contributed by atoms with E-state index in [2.05, 4.69) is 15.3 Å². The molecule has 0 aliphatic carbocycles. The van der Waals surface area contributed by atoms with E-state index >= 15 is 0 Å². The fourth-order valence-electron chi connectivity index (χ4n) is 3.88. The van der Waals surface area contributed by atoms with Gasteiger partial charge in [-0.25, -0.2) is 18.4 Å². The van der Waals surface area contributed by atoms with Crippen LogP contribution in [0, 0.1) is 0 Å². The molecule has 1 saturated heterocycles. The van der Waals surface area contributed by atoms with E-state index in [1.54, 1.807) is 30.5 Å². The molecule has 1 fully saturated rings. The molecule has 1 aromatic heterocycles.